The van der Waals surface area contributed by atoms with Crippen LogP contribution in [-0.4, -0.2) is 30.1 Å². The van der Waals surface area contributed by atoms with Crippen LogP contribution >= 0.6 is 11.3 Å². The Labute approximate surface area is 150 Å². The molecule has 0 saturated heterocycles. The highest BCUT2D eigenvalue weighted by Gasteiger charge is 2.42. The van der Waals surface area contributed by atoms with Crippen molar-refractivity contribution in [1.29, 1.82) is 0 Å². The molecule has 0 spiro atoms. The highest BCUT2D eigenvalue weighted by molar-refractivity contribution is 7.12. The predicted molar refractivity (Wildman–Crippen MR) is 97.6 cm³/mol. The molecule has 0 aliphatic carbocycles. The molecule has 1 aromatic heterocycles. The fourth-order valence-corrected chi connectivity index (χ4v) is 3.61. The van der Waals surface area contributed by atoms with Crippen LogP contribution < -0.4 is 0 Å². The third kappa shape index (κ3) is 3.05. The number of allylic oxidation sites excluding steroid dienone is 1. The highest BCUT2D eigenvalue weighted by Crippen LogP contribution is 2.38. The number of carbonyl (C=O) groups is 2. The lowest BCUT2D eigenvalue weighted by molar-refractivity contribution is 0.0600. The number of methoxy groups -OCH3 is 1. The van der Waals surface area contributed by atoms with Gasteiger partial charge in [-0.15, -0.1) is 11.3 Å². The van der Waals surface area contributed by atoms with E-state index < -0.39 is 11.5 Å². The van der Waals surface area contributed by atoms with Crippen LogP contribution in [0.2, 0.25) is 0 Å². The first kappa shape index (κ1) is 17.2. The summed E-state index contributed by atoms with van der Waals surface area (Å²) in [5, 5.41) is 0.656. The molecule has 0 fully saturated rings. The van der Waals surface area contributed by atoms with E-state index >= 15 is 0 Å². The Hall–Kier alpha value is -2.60. The van der Waals surface area contributed by atoms with Crippen molar-refractivity contribution in [3.05, 3.63) is 63.6 Å². The van der Waals surface area contributed by atoms with E-state index in [1.807, 2.05) is 6.20 Å². The second-order valence-electron chi connectivity index (χ2n) is 6.02. The molecule has 0 radical (unpaired) electrons. The molecular formula is C19H18N2O3S. The zero-order valence-corrected chi connectivity index (χ0v) is 15.0. The number of hydrogen-bond acceptors (Lipinski definition) is 6. The van der Waals surface area contributed by atoms with Crippen molar-refractivity contribution in [1.82, 2.24) is 4.98 Å². The summed E-state index contributed by atoms with van der Waals surface area (Å²) in [6.07, 6.45) is 6.96. The van der Waals surface area contributed by atoms with Crippen molar-refractivity contribution < 1.29 is 14.3 Å². The largest absolute Gasteiger partial charge is 0.465 e. The van der Waals surface area contributed by atoms with Crippen molar-refractivity contribution in [2.75, 3.05) is 7.11 Å². The van der Waals surface area contributed by atoms with Crippen LogP contribution in [0, 0.1) is 0 Å². The van der Waals surface area contributed by atoms with Crippen LogP contribution in [0.4, 0.5) is 0 Å². The van der Waals surface area contributed by atoms with E-state index in [0.717, 1.165) is 4.88 Å². The van der Waals surface area contributed by atoms with Crippen LogP contribution in [0.25, 0.3) is 0 Å². The monoisotopic (exact) mass is 354 g/mol. The summed E-state index contributed by atoms with van der Waals surface area (Å²) in [7, 11) is 1.32. The van der Waals surface area contributed by atoms with Crippen LogP contribution in [0.1, 0.15) is 50.4 Å². The number of nitrogens with zero attached hydrogens (tertiary/aromatic N) is 2. The minimum Gasteiger partial charge on any atom is -0.465 e. The number of aliphatic imine (C=N–C) groups is 1. The molecule has 1 unspecified atom stereocenters. The maximum Gasteiger partial charge on any atom is 0.337 e. The number of Topliss-reactive ketones (excluding diaryl/α,β-unsaturated/α-hetero) is 1. The van der Waals surface area contributed by atoms with Crippen LogP contribution in [0.15, 0.2) is 47.6 Å². The van der Waals surface area contributed by atoms with E-state index in [9.17, 15) is 9.59 Å². The molecule has 2 aromatic rings. The number of rotatable bonds is 5. The molecule has 3 rings (SSSR count). The molecule has 2 heterocycles. The summed E-state index contributed by atoms with van der Waals surface area (Å²) in [6.45, 7) is 4.18. The number of ketones is 1. The first-order valence-corrected chi connectivity index (χ1v) is 8.72. The molecule has 0 saturated carbocycles. The lowest BCUT2D eigenvalue weighted by Gasteiger charge is -2.20. The highest BCUT2D eigenvalue weighted by atomic mass is 32.1. The maximum atomic E-state index is 13.2. The van der Waals surface area contributed by atoms with E-state index in [-0.39, 0.29) is 5.78 Å². The molecule has 0 N–H and O–H groups in total. The molecule has 1 aliphatic rings. The Morgan fingerprint density at radius 2 is 1.84 bits per heavy atom. The van der Waals surface area contributed by atoms with Crippen molar-refractivity contribution in [3.8, 4) is 0 Å². The summed E-state index contributed by atoms with van der Waals surface area (Å²) < 4.78 is 4.68. The van der Waals surface area contributed by atoms with Crippen LogP contribution in [0.5, 0.6) is 0 Å². The number of aromatic nitrogens is 1. The van der Waals surface area contributed by atoms with Gasteiger partial charge in [-0.25, -0.2) is 9.78 Å². The number of esters is 1. The smallest absolute Gasteiger partial charge is 0.337 e. The Bertz CT molecular complexity index is 851. The van der Waals surface area contributed by atoms with Crippen LogP contribution in [-0.2, 0) is 10.3 Å². The van der Waals surface area contributed by atoms with E-state index in [0.29, 0.717) is 22.1 Å². The zero-order valence-electron chi connectivity index (χ0n) is 14.2. The minimum absolute atomic E-state index is 0.168. The van der Waals surface area contributed by atoms with Gasteiger partial charge in [0.25, 0.3) is 0 Å². The van der Waals surface area contributed by atoms with Crippen molar-refractivity contribution in [3.63, 3.8) is 0 Å². The second kappa shape index (κ2) is 6.72. The molecular weight excluding hydrogens is 336 g/mol. The second-order valence-corrected chi connectivity index (χ2v) is 7.09. The van der Waals surface area contributed by atoms with E-state index in [1.54, 1.807) is 42.6 Å². The van der Waals surface area contributed by atoms with Gasteiger partial charge in [-0.2, -0.15) is 0 Å². The molecule has 25 heavy (non-hydrogen) atoms. The number of benzene rings is 1. The zero-order chi connectivity index (χ0) is 18.0. The summed E-state index contributed by atoms with van der Waals surface area (Å²) in [5.41, 5.74) is -0.252. The van der Waals surface area contributed by atoms with Gasteiger partial charge >= 0.3 is 5.97 Å². The number of thiazole rings is 1. The molecule has 0 bridgehead atoms. The normalized spacial score (nSPS) is 18.7. The number of ether oxygens (including phenoxy) is 1. The lowest BCUT2D eigenvalue weighted by atomic mass is 9.90. The first-order valence-electron chi connectivity index (χ1n) is 7.90. The van der Waals surface area contributed by atoms with Gasteiger partial charge in [0.2, 0.25) is 5.78 Å². The first-order chi connectivity index (χ1) is 12.0. The van der Waals surface area contributed by atoms with E-state index in [1.165, 1.54) is 18.4 Å². The van der Waals surface area contributed by atoms with Crippen molar-refractivity contribution in [2.45, 2.75) is 25.3 Å². The van der Waals surface area contributed by atoms with Gasteiger partial charge in [-0.05, 0) is 30.2 Å². The number of carbonyl (C=O) groups excluding carboxylic acids is 2. The molecule has 1 atom stereocenters. The van der Waals surface area contributed by atoms with Gasteiger partial charge in [-0.3, -0.25) is 9.79 Å². The van der Waals surface area contributed by atoms with Gasteiger partial charge in [-0.1, -0.05) is 26.0 Å². The summed E-state index contributed by atoms with van der Waals surface area (Å²) in [5.74, 6) is -0.264. The summed E-state index contributed by atoms with van der Waals surface area (Å²) >= 11 is 1.50. The van der Waals surface area contributed by atoms with Gasteiger partial charge in [0.1, 0.15) is 5.01 Å². The van der Waals surface area contributed by atoms with Crippen molar-refractivity contribution >= 4 is 29.3 Å². The Kier molecular flexibility index (Phi) is 4.63. The van der Waals surface area contributed by atoms with E-state index in [4.69, 9.17) is 0 Å². The summed E-state index contributed by atoms with van der Waals surface area (Å²) in [6, 6.07) is 6.40. The van der Waals surface area contributed by atoms with Crippen molar-refractivity contribution in [2.24, 2.45) is 4.99 Å². The van der Waals surface area contributed by atoms with Gasteiger partial charge in [0, 0.05) is 22.9 Å². The third-order valence-electron chi connectivity index (χ3n) is 4.03. The minimum atomic E-state index is -1.12. The third-order valence-corrected chi connectivity index (χ3v) is 5.46. The molecule has 0 amide bonds. The van der Waals surface area contributed by atoms with Crippen LogP contribution in [0.3, 0.4) is 0 Å². The van der Waals surface area contributed by atoms with Gasteiger partial charge < -0.3 is 4.74 Å². The fourth-order valence-electron chi connectivity index (χ4n) is 2.57. The summed E-state index contributed by atoms with van der Waals surface area (Å²) in [4.78, 5) is 34.7. The standard InChI is InChI=1S/C19H18N2O3S/c1-12(2)15-11-20-18(25-15)19(9-4-10-21-19)16(22)13-5-7-14(8-6-13)17(23)24-3/h4-12H,1-3H3. The molecule has 128 valence electrons. The molecule has 1 aliphatic heterocycles. The number of hydrogen-bond donors (Lipinski definition) is 0. The average molecular weight is 354 g/mol. The topological polar surface area (TPSA) is 68.6 Å². The average Bonchev–Trinajstić information content (AvgIpc) is 3.30. The molecule has 1 aromatic carbocycles. The Balaban J connectivity index is 1.98. The van der Waals surface area contributed by atoms with Gasteiger partial charge in [0.15, 0.2) is 5.54 Å². The Morgan fingerprint density at radius 3 is 2.36 bits per heavy atom. The molecule has 6 heteroatoms. The van der Waals surface area contributed by atoms with Gasteiger partial charge in [0.05, 0.1) is 12.7 Å². The lowest BCUT2D eigenvalue weighted by Crippen LogP contribution is -2.30. The fraction of sp³-hybridized carbons (Fsp3) is 0.263. The molecule has 5 nitrogen and oxygen atoms in total. The maximum absolute atomic E-state index is 13.2. The predicted octanol–water partition coefficient (Wildman–Crippen LogP) is 3.77. The SMILES string of the molecule is COC(=O)c1ccc(C(=O)C2(c3ncc(C(C)C)s3)C=CC=N2)cc1. The van der Waals surface area contributed by atoms with E-state index in [2.05, 4.69) is 28.6 Å². The Morgan fingerprint density at radius 1 is 1.16 bits per heavy atom. The quantitative estimate of drug-likeness (QED) is 0.605.